The zero-order valence-electron chi connectivity index (χ0n) is 9.47. The SMILES string of the molecule is Cc1cccc(Pc2ccccc2C=O)c1O. The summed E-state index contributed by atoms with van der Waals surface area (Å²) >= 11 is 0. The predicted octanol–water partition coefficient (Wildman–Crippen LogP) is 2.14. The minimum absolute atomic E-state index is 0.296. The molecule has 3 heteroatoms. The molecule has 0 bridgehead atoms. The first-order valence-corrected chi connectivity index (χ1v) is 6.32. The minimum Gasteiger partial charge on any atom is -0.507 e. The Balaban J connectivity index is 2.38. The highest BCUT2D eigenvalue weighted by Gasteiger charge is 2.07. The lowest BCUT2D eigenvalue weighted by Crippen LogP contribution is -2.09. The second-order valence-corrected chi connectivity index (χ2v) is 5.13. The molecule has 0 aliphatic heterocycles. The highest BCUT2D eigenvalue weighted by atomic mass is 31.1. The van der Waals surface area contributed by atoms with Crippen LogP contribution in [0.15, 0.2) is 42.5 Å². The molecule has 0 heterocycles. The van der Waals surface area contributed by atoms with Gasteiger partial charge in [-0.05, 0) is 17.8 Å². The van der Waals surface area contributed by atoms with Crippen LogP contribution in [0.5, 0.6) is 5.75 Å². The Kier molecular flexibility index (Phi) is 3.55. The van der Waals surface area contributed by atoms with Crippen LogP contribution < -0.4 is 10.6 Å². The van der Waals surface area contributed by atoms with Crippen LogP contribution in [0.4, 0.5) is 0 Å². The van der Waals surface area contributed by atoms with Crippen LogP contribution >= 0.6 is 8.58 Å². The van der Waals surface area contributed by atoms with Crippen LogP contribution in [0, 0.1) is 6.92 Å². The van der Waals surface area contributed by atoms with Crippen molar-refractivity contribution in [3.63, 3.8) is 0 Å². The lowest BCUT2D eigenvalue weighted by atomic mass is 10.2. The molecule has 0 saturated carbocycles. The zero-order chi connectivity index (χ0) is 12.3. The minimum atomic E-state index is 0.296. The highest BCUT2D eigenvalue weighted by Crippen LogP contribution is 2.22. The molecule has 2 aromatic carbocycles. The molecule has 2 rings (SSSR count). The second kappa shape index (κ2) is 5.11. The van der Waals surface area contributed by atoms with E-state index in [4.69, 9.17) is 0 Å². The molecule has 0 spiro atoms. The smallest absolute Gasteiger partial charge is 0.150 e. The summed E-state index contributed by atoms with van der Waals surface area (Å²) in [4.78, 5) is 10.9. The summed E-state index contributed by atoms with van der Waals surface area (Å²) in [6.45, 7) is 1.87. The number of para-hydroxylation sites is 1. The number of rotatable bonds is 3. The summed E-state index contributed by atoms with van der Waals surface area (Å²) in [6.07, 6.45) is 0.856. The summed E-state index contributed by atoms with van der Waals surface area (Å²) in [6, 6.07) is 13.1. The van der Waals surface area contributed by atoms with Gasteiger partial charge in [0.2, 0.25) is 0 Å². The van der Waals surface area contributed by atoms with Crippen molar-refractivity contribution < 1.29 is 9.90 Å². The molecule has 0 aliphatic rings. The number of carbonyl (C=O) groups is 1. The standard InChI is InChI=1S/C14H13O2P/c1-10-5-4-8-13(14(10)16)17-12-7-3-2-6-11(12)9-15/h2-9,16-17H,1H3. The van der Waals surface area contributed by atoms with E-state index in [1.165, 1.54) is 0 Å². The van der Waals surface area contributed by atoms with Crippen LogP contribution in [0.1, 0.15) is 15.9 Å². The Bertz CT molecular complexity index is 550. The van der Waals surface area contributed by atoms with Crippen LogP contribution in [-0.4, -0.2) is 11.4 Å². The maximum absolute atomic E-state index is 10.9. The van der Waals surface area contributed by atoms with Gasteiger partial charge in [-0.15, -0.1) is 0 Å². The molecule has 1 atom stereocenters. The highest BCUT2D eigenvalue weighted by molar-refractivity contribution is 7.56. The van der Waals surface area contributed by atoms with Crippen molar-refractivity contribution in [2.24, 2.45) is 0 Å². The summed E-state index contributed by atoms with van der Waals surface area (Å²) in [5.41, 5.74) is 1.55. The van der Waals surface area contributed by atoms with E-state index in [-0.39, 0.29) is 0 Å². The molecule has 0 radical (unpaired) electrons. The zero-order valence-corrected chi connectivity index (χ0v) is 10.5. The van der Waals surface area contributed by atoms with Gasteiger partial charge in [0.15, 0.2) is 6.29 Å². The van der Waals surface area contributed by atoms with Crippen molar-refractivity contribution in [1.82, 2.24) is 0 Å². The number of carbonyl (C=O) groups excluding carboxylic acids is 1. The molecule has 0 amide bonds. The van der Waals surface area contributed by atoms with E-state index in [0.29, 0.717) is 19.9 Å². The van der Waals surface area contributed by atoms with Crippen LogP contribution in [0.25, 0.3) is 0 Å². The molecule has 0 aliphatic carbocycles. The van der Waals surface area contributed by atoms with E-state index >= 15 is 0 Å². The molecule has 0 fully saturated rings. The number of hydrogen-bond donors (Lipinski definition) is 1. The third-order valence-corrected chi connectivity index (χ3v) is 3.99. The van der Waals surface area contributed by atoms with Gasteiger partial charge >= 0.3 is 0 Å². The molecule has 1 unspecified atom stereocenters. The van der Waals surface area contributed by atoms with Gasteiger partial charge in [-0.25, -0.2) is 0 Å². The number of aldehydes is 1. The lowest BCUT2D eigenvalue weighted by molar-refractivity contribution is 0.112. The summed E-state index contributed by atoms with van der Waals surface area (Å²) in [5.74, 6) is 0.325. The Hall–Kier alpha value is -1.66. The third-order valence-electron chi connectivity index (χ3n) is 2.59. The summed E-state index contributed by atoms with van der Waals surface area (Å²) in [7, 11) is 0.296. The predicted molar refractivity (Wildman–Crippen MR) is 72.3 cm³/mol. The number of aryl methyl sites for hydroxylation is 1. The lowest BCUT2D eigenvalue weighted by Gasteiger charge is -2.08. The topological polar surface area (TPSA) is 37.3 Å². The maximum atomic E-state index is 10.9. The second-order valence-electron chi connectivity index (χ2n) is 3.80. The van der Waals surface area contributed by atoms with E-state index in [2.05, 4.69) is 0 Å². The summed E-state index contributed by atoms with van der Waals surface area (Å²) in [5, 5.41) is 11.8. The fourth-order valence-corrected chi connectivity index (χ4v) is 2.87. The average Bonchev–Trinajstić information content (AvgIpc) is 2.35. The van der Waals surface area contributed by atoms with Gasteiger partial charge in [0.05, 0.1) is 0 Å². The van der Waals surface area contributed by atoms with Crippen molar-refractivity contribution in [1.29, 1.82) is 0 Å². The molecule has 17 heavy (non-hydrogen) atoms. The number of phenols is 1. The molecule has 0 saturated heterocycles. The van der Waals surface area contributed by atoms with Crippen molar-refractivity contribution in [3.05, 3.63) is 53.6 Å². The Labute approximate surface area is 102 Å². The quantitative estimate of drug-likeness (QED) is 0.663. The van der Waals surface area contributed by atoms with Gasteiger partial charge < -0.3 is 5.11 Å². The normalized spacial score (nSPS) is 10.9. The van der Waals surface area contributed by atoms with Crippen LogP contribution in [0.3, 0.4) is 0 Å². The number of phenolic OH excluding ortho intramolecular Hbond substituents is 1. The van der Waals surface area contributed by atoms with Crippen LogP contribution in [-0.2, 0) is 0 Å². The molecular formula is C14H13O2P. The first kappa shape index (κ1) is 11.8. The van der Waals surface area contributed by atoms with E-state index in [1.54, 1.807) is 6.07 Å². The molecule has 0 aromatic heterocycles. The number of aromatic hydroxyl groups is 1. The van der Waals surface area contributed by atoms with Gasteiger partial charge in [-0.1, -0.05) is 51.0 Å². The van der Waals surface area contributed by atoms with Crippen molar-refractivity contribution in [2.75, 3.05) is 0 Å². The van der Waals surface area contributed by atoms with Gasteiger partial charge in [0, 0.05) is 10.9 Å². The number of hydrogen-bond acceptors (Lipinski definition) is 2. The fourth-order valence-electron chi connectivity index (χ4n) is 1.62. The number of benzene rings is 2. The maximum Gasteiger partial charge on any atom is 0.150 e. The van der Waals surface area contributed by atoms with Crippen molar-refractivity contribution in [3.8, 4) is 5.75 Å². The molecule has 1 N–H and O–H groups in total. The molecule has 2 aromatic rings. The monoisotopic (exact) mass is 244 g/mol. The summed E-state index contributed by atoms with van der Waals surface area (Å²) < 4.78 is 0. The van der Waals surface area contributed by atoms with E-state index in [9.17, 15) is 9.90 Å². The first-order valence-electron chi connectivity index (χ1n) is 5.32. The van der Waals surface area contributed by atoms with Crippen LogP contribution in [0.2, 0.25) is 0 Å². The Morgan fingerprint density at radius 3 is 2.53 bits per heavy atom. The van der Waals surface area contributed by atoms with E-state index in [1.807, 2.05) is 43.3 Å². The average molecular weight is 244 g/mol. The molecule has 2 nitrogen and oxygen atoms in total. The molecular weight excluding hydrogens is 231 g/mol. The van der Waals surface area contributed by atoms with Crippen molar-refractivity contribution in [2.45, 2.75) is 6.92 Å². The fraction of sp³-hybridized carbons (Fsp3) is 0.0714. The van der Waals surface area contributed by atoms with E-state index in [0.717, 1.165) is 22.5 Å². The Morgan fingerprint density at radius 2 is 1.76 bits per heavy atom. The third kappa shape index (κ3) is 2.54. The first-order chi connectivity index (χ1) is 8.22. The van der Waals surface area contributed by atoms with Gasteiger partial charge in [0.1, 0.15) is 5.75 Å². The van der Waals surface area contributed by atoms with Gasteiger partial charge in [-0.2, -0.15) is 0 Å². The van der Waals surface area contributed by atoms with Gasteiger partial charge in [-0.3, -0.25) is 4.79 Å². The molecule has 86 valence electrons. The van der Waals surface area contributed by atoms with Gasteiger partial charge in [0.25, 0.3) is 0 Å². The largest absolute Gasteiger partial charge is 0.507 e. The Morgan fingerprint density at radius 1 is 1.06 bits per heavy atom. The van der Waals surface area contributed by atoms with Crippen molar-refractivity contribution >= 4 is 25.5 Å². The van der Waals surface area contributed by atoms with E-state index < -0.39 is 0 Å².